The van der Waals surface area contributed by atoms with Crippen LogP contribution in [0.2, 0.25) is 0 Å². The SMILES string of the molecule is CCCCCCCCCCCC[N+](C)(C)C(C)(C)c1cc2c(cc1CC)C(C)(C)CCC2(C)C.Cl. The van der Waals surface area contributed by atoms with Crippen molar-refractivity contribution >= 4 is 12.4 Å². The molecule has 204 valence electrons. The molecular formula is C33H61ClN+. The standard InChI is InChI=1S/C33H60N.ClH/c1-11-13-14-15-16-17-18-19-20-21-24-34(9,10)33(7,8)28-26-30-29(25-27(28)12-2)31(3,4)22-23-32(30,5)6;/h25-26H,11-24H2,1-10H3;1H/q+1;. The first-order chi connectivity index (χ1) is 15.8. The lowest BCUT2D eigenvalue weighted by atomic mass is 9.62. The Morgan fingerprint density at radius 2 is 1.14 bits per heavy atom. The van der Waals surface area contributed by atoms with E-state index in [0.29, 0.717) is 0 Å². The van der Waals surface area contributed by atoms with Gasteiger partial charge in [0.05, 0.1) is 20.6 Å². The van der Waals surface area contributed by atoms with Gasteiger partial charge in [0, 0.05) is 5.56 Å². The minimum Gasteiger partial charge on any atom is -0.320 e. The predicted octanol–water partition coefficient (Wildman–Crippen LogP) is 10.3. The number of nitrogens with zero attached hydrogens (tertiary/aromatic N) is 1. The summed E-state index contributed by atoms with van der Waals surface area (Å²) in [7, 11) is 4.95. The molecule has 0 N–H and O–H groups in total. The second kappa shape index (κ2) is 13.3. The summed E-state index contributed by atoms with van der Waals surface area (Å²) in [6.45, 7) is 20.8. The summed E-state index contributed by atoms with van der Waals surface area (Å²) in [5.41, 5.74) is 7.06. The number of unbranched alkanes of at least 4 members (excludes halogenated alkanes) is 9. The Morgan fingerprint density at radius 1 is 0.714 bits per heavy atom. The van der Waals surface area contributed by atoms with Gasteiger partial charge in [-0.25, -0.2) is 0 Å². The highest BCUT2D eigenvalue weighted by atomic mass is 35.5. The Morgan fingerprint density at radius 3 is 1.60 bits per heavy atom. The van der Waals surface area contributed by atoms with Crippen LogP contribution in [-0.4, -0.2) is 25.1 Å². The van der Waals surface area contributed by atoms with Crippen LogP contribution in [0.4, 0.5) is 0 Å². The molecule has 0 unspecified atom stereocenters. The van der Waals surface area contributed by atoms with Crippen LogP contribution >= 0.6 is 12.4 Å². The van der Waals surface area contributed by atoms with Gasteiger partial charge in [0.1, 0.15) is 5.54 Å². The number of benzene rings is 1. The first-order valence-corrected chi connectivity index (χ1v) is 14.8. The monoisotopic (exact) mass is 506 g/mol. The van der Waals surface area contributed by atoms with E-state index in [1.165, 1.54) is 83.6 Å². The Kier molecular flexibility index (Phi) is 12.4. The molecule has 0 saturated carbocycles. The van der Waals surface area contributed by atoms with Gasteiger partial charge in [0.2, 0.25) is 0 Å². The second-order valence-electron chi connectivity index (χ2n) is 13.8. The fourth-order valence-electron chi connectivity index (χ4n) is 6.12. The van der Waals surface area contributed by atoms with Crippen molar-refractivity contribution < 1.29 is 4.48 Å². The van der Waals surface area contributed by atoms with E-state index in [0.717, 1.165) is 10.9 Å². The van der Waals surface area contributed by atoms with E-state index in [4.69, 9.17) is 0 Å². The predicted molar refractivity (Wildman–Crippen MR) is 160 cm³/mol. The molecule has 0 heterocycles. The van der Waals surface area contributed by atoms with Crippen molar-refractivity contribution in [3.63, 3.8) is 0 Å². The molecule has 2 rings (SSSR count). The van der Waals surface area contributed by atoms with Crippen LogP contribution in [0.25, 0.3) is 0 Å². The van der Waals surface area contributed by atoms with Gasteiger partial charge in [0.15, 0.2) is 0 Å². The summed E-state index contributed by atoms with van der Waals surface area (Å²) in [6.07, 6.45) is 17.8. The van der Waals surface area contributed by atoms with Gasteiger partial charge < -0.3 is 4.48 Å². The van der Waals surface area contributed by atoms with Crippen LogP contribution in [0.15, 0.2) is 12.1 Å². The van der Waals surface area contributed by atoms with Gasteiger partial charge in [-0.3, -0.25) is 0 Å². The van der Waals surface area contributed by atoms with E-state index < -0.39 is 0 Å². The van der Waals surface area contributed by atoms with Crippen LogP contribution in [0, 0.1) is 0 Å². The molecule has 1 aromatic rings. The molecule has 35 heavy (non-hydrogen) atoms. The van der Waals surface area contributed by atoms with Crippen molar-refractivity contribution in [3.05, 3.63) is 34.4 Å². The van der Waals surface area contributed by atoms with E-state index >= 15 is 0 Å². The molecule has 0 fully saturated rings. The van der Waals surface area contributed by atoms with Crippen molar-refractivity contribution in [1.82, 2.24) is 0 Å². The molecule has 0 aliphatic heterocycles. The first-order valence-electron chi connectivity index (χ1n) is 14.8. The van der Waals surface area contributed by atoms with Gasteiger partial charge in [0.25, 0.3) is 0 Å². The third-order valence-electron chi connectivity index (χ3n) is 9.70. The number of hydrogen-bond acceptors (Lipinski definition) is 0. The fourth-order valence-corrected chi connectivity index (χ4v) is 6.12. The summed E-state index contributed by atoms with van der Waals surface area (Å²) in [5.74, 6) is 0. The van der Waals surface area contributed by atoms with Gasteiger partial charge in [-0.1, -0.05) is 99.0 Å². The molecule has 0 aromatic heterocycles. The van der Waals surface area contributed by atoms with Crippen molar-refractivity contribution in [2.24, 2.45) is 0 Å². The van der Waals surface area contributed by atoms with Crippen LogP contribution in [0.5, 0.6) is 0 Å². The maximum atomic E-state index is 2.65. The van der Waals surface area contributed by atoms with Crippen LogP contribution in [0.3, 0.4) is 0 Å². The van der Waals surface area contributed by atoms with Gasteiger partial charge in [-0.15, -0.1) is 12.4 Å². The average Bonchev–Trinajstić information content (AvgIpc) is 2.77. The summed E-state index contributed by atoms with van der Waals surface area (Å²) in [6, 6.07) is 5.25. The molecule has 0 atom stereocenters. The van der Waals surface area contributed by atoms with Gasteiger partial charge in [-0.05, 0) is 79.5 Å². The van der Waals surface area contributed by atoms with Crippen molar-refractivity contribution in [2.75, 3.05) is 20.6 Å². The molecule has 1 aliphatic carbocycles. The topological polar surface area (TPSA) is 0 Å². The van der Waals surface area contributed by atoms with Crippen molar-refractivity contribution in [1.29, 1.82) is 0 Å². The number of halogens is 1. The number of fused-ring (bicyclic) bond motifs is 1. The second-order valence-corrected chi connectivity index (χ2v) is 13.8. The molecule has 1 nitrogen and oxygen atoms in total. The molecule has 0 radical (unpaired) electrons. The van der Waals surface area contributed by atoms with Gasteiger partial charge >= 0.3 is 0 Å². The Bertz CT molecular complexity index is 772. The maximum Gasteiger partial charge on any atom is 0.119 e. The lowest BCUT2D eigenvalue weighted by molar-refractivity contribution is -0.945. The molecule has 2 heteroatoms. The number of quaternary nitrogens is 1. The maximum absolute atomic E-state index is 2.65. The first kappa shape index (κ1) is 32.5. The Labute approximate surface area is 226 Å². The molecular weight excluding hydrogens is 446 g/mol. The minimum atomic E-state index is 0. The van der Waals surface area contributed by atoms with E-state index in [2.05, 4.69) is 81.6 Å². The lowest BCUT2D eigenvalue weighted by Crippen LogP contribution is -2.55. The molecule has 0 spiro atoms. The van der Waals surface area contributed by atoms with Gasteiger partial charge in [-0.2, -0.15) is 0 Å². The molecule has 1 aromatic carbocycles. The highest BCUT2D eigenvalue weighted by Crippen LogP contribution is 2.48. The number of rotatable bonds is 14. The highest BCUT2D eigenvalue weighted by molar-refractivity contribution is 5.85. The minimum absolute atomic E-state index is 0. The highest BCUT2D eigenvalue weighted by Gasteiger charge is 2.43. The van der Waals surface area contributed by atoms with Crippen LogP contribution in [-0.2, 0) is 22.8 Å². The summed E-state index contributed by atoms with van der Waals surface area (Å²) < 4.78 is 1.07. The number of hydrogen-bond donors (Lipinski definition) is 0. The number of aryl methyl sites for hydroxylation is 1. The van der Waals surface area contributed by atoms with E-state index in [-0.39, 0.29) is 28.8 Å². The molecule has 0 saturated heterocycles. The lowest BCUT2D eigenvalue weighted by Gasteiger charge is -2.48. The molecule has 1 aliphatic rings. The summed E-state index contributed by atoms with van der Waals surface area (Å²) >= 11 is 0. The normalized spacial score (nSPS) is 17.1. The average molecular weight is 507 g/mol. The van der Waals surface area contributed by atoms with Crippen LogP contribution in [0.1, 0.15) is 155 Å². The summed E-state index contributed by atoms with van der Waals surface area (Å²) in [5, 5.41) is 0. The van der Waals surface area contributed by atoms with Crippen LogP contribution < -0.4 is 0 Å². The zero-order valence-corrected chi connectivity index (χ0v) is 26.2. The largest absolute Gasteiger partial charge is 0.320 e. The Balaban J connectivity index is 0.00000612. The quantitative estimate of drug-likeness (QED) is 0.174. The Hall–Kier alpha value is -0.530. The smallest absolute Gasteiger partial charge is 0.119 e. The molecule has 0 amide bonds. The molecule has 0 bridgehead atoms. The third kappa shape index (κ3) is 7.98. The van der Waals surface area contributed by atoms with E-state index in [1.807, 2.05) is 0 Å². The summed E-state index contributed by atoms with van der Waals surface area (Å²) in [4.78, 5) is 0. The fraction of sp³-hybridized carbons (Fsp3) is 0.818. The van der Waals surface area contributed by atoms with E-state index in [9.17, 15) is 0 Å². The third-order valence-corrected chi connectivity index (χ3v) is 9.70. The van der Waals surface area contributed by atoms with Crippen molar-refractivity contribution in [3.8, 4) is 0 Å². The zero-order chi connectivity index (χ0) is 25.6. The van der Waals surface area contributed by atoms with Crippen molar-refractivity contribution in [2.45, 2.75) is 155 Å². The van der Waals surface area contributed by atoms with E-state index in [1.54, 1.807) is 22.3 Å². The zero-order valence-electron chi connectivity index (χ0n) is 25.4.